The number of amides is 2. The van der Waals surface area contributed by atoms with Crippen LogP contribution in [0, 0.1) is 0 Å². The first-order chi connectivity index (χ1) is 13.2. The van der Waals surface area contributed by atoms with Gasteiger partial charge in [0.05, 0.1) is 22.6 Å². The third-order valence-corrected chi connectivity index (χ3v) is 5.99. The first-order valence-corrected chi connectivity index (χ1v) is 10.6. The number of benzene rings is 2. The number of anilines is 2. The van der Waals surface area contributed by atoms with Crippen LogP contribution in [0.1, 0.15) is 30.6 Å². The summed E-state index contributed by atoms with van der Waals surface area (Å²) >= 11 is 6.09. The van der Waals surface area contributed by atoms with Crippen LogP contribution in [-0.2, 0) is 14.8 Å². The maximum Gasteiger partial charge on any atom is 0.255 e. The van der Waals surface area contributed by atoms with Gasteiger partial charge in [0.15, 0.2) is 0 Å². The van der Waals surface area contributed by atoms with Crippen LogP contribution in [-0.4, -0.2) is 32.1 Å². The van der Waals surface area contributed by atoms with Crippen LogP contribution >= 0.6 is 11.6 Å². The topological polar surface area (TPSA) is 92.8 Å². The van der Waals surface area contributed by atoms with Gasteiger partial charge in [-0.1, -0.05) is 11.6 Å². The van der Waals surface area contributed by atoms with E-state index in [0.29, 0.717) is 15.7 Å². The maximum atomic E-state index is 12.6. The van der Waals surface area contributed by atoms with Crippen molar-refractivity contribution in [2.45, 2.75) is 26.4 Å². The molecule has 1 N–H and O–H groups in total. The Morgan fingerprint density at radius 3 is 2.43 bits per heavy atom. The summed E-state index contributed by atoms with van der Waals surface area (Å²) in [5.41, 5.74) is 0.705. The third-order valence-electron chi connectivity index (χ3n) is 3.99. The predicted molar refractivity (Wildman–Crippen MR) is 108 cm³/mol. The van der Waals surface area contributed by atoms with E-state index < -0.39 is 21.8 Å². The van der Waals surface area contributed by atoms with Crippen LogP contribution < -0.4 is 14.4 Å². The Hall–Kier alpha value is -2.58. The standard InChI is InChI=1S/C19H19ClN2O5S/c1-12(2)27-15-6-4-14(5-7-15)21-19(24)13-3-8-16(20)17(11-13)22-18(23)9-10-28(22,25)26/h3-8,11-12H,9-10H2,1-2H3,(H,21,24). The molecule has 28 heavy (non-hydrogen) atoms. The van der Waals surface area contributed by atoms with E-state index in [1.165, 1.54) is 18.2 Å². The van der Waals surface area contributed by atoms with Gasteiger partial charge in [0.25, 0.3) is 5.91 Å². The number of carbonyl (C=O) groups is 2. The molecule has 1 aliphatic rings. The molecular formula is C19H19ClN2O5S. The van der Waals surface area contributed by atoms with E-state index in [1.807, 2.05) is 13.8 Å². The molecule has 1 heterocycles. The lowest BCUT2D eigenvalue weighted by atomic mass is 10.1. The first kappa shape index (κ1) is 20.2. The van der Waals surface area contributed by atoms with Gasteiger partial charge in [-0.05, 0) is 56.3 Å². The Labute approximate surface area is 168 Å². The summed E-state index contributed by atoms with van der Waals surface area (Å²) in [6.07, 6.45) is -0.0719. The molecule has 0 saturated carbocycles. The summed E-state index contributed by atoms with van der Waals surface area (Å²) < 4.78 is 30.5. The van der Waals surface area contributed by atoms with E-state index in [-0.39, 0.29) is 34.6 Å². The van der Waals surface area contributed by atoms with Crippen molar-refractivity contribution in [3.63, 3.8) is 0 Å². The van der Waals surface area contributed by atoms with Gasteiger partial charge < -0.3 is 10.1 Å². The summed E-state index contributed by atoms with van der Waals surface area (Å²) in [4.78, 5) is 24.6. The van der Waals surface area contributed by atoms with Crippen molar-refractivity contribution in [1.29, 1.82) is 0 Å². The summed E-state index contributed by atoms with van der Waals surface area (Å²) in [6.45, 7) is 3.83. The largest absolute Gasteiger partial charge is 0.491 e. The van der Waals surface area contributed by atoms with Gasteiger partial charge in [-0.15, -0.1) is 0 Å². The van der Waals surface area contributed by atoms with Crippen molar-refractivity contribution in [1.82, 2.24) is 0 Å². The van der Waals surface area contributed by atoms with E-state index in [2.05, 4.69) is 5.32 Å². The number of ether oxygens (including phenoxy) is 1. The molecular weight excluding hydrogens is 404 g/mol. The van der Waals surface area contributed by atoms with Gasteiger partial charge >= 0.3 is 0 Å². The van der Waals surface area contributed by atoms with Crippen molar-refractivity contribution in [3.8, 4) is 5.75 Å². The number of hydrogen-bond donors (Lipinski definition) is 1. The number of halogens is 1. The van der Waals surface area contributed by atoms with Crippen molar-refractivity contribution in [3.05, 3.63) is 53.1 Å². The highest BCUT2D eigenvalue weighted by atomic mass is 35.5. The van der Waals surface area contributed by atoms with E-state index in [4.69, 9.17) is 16.3 Å². The lowest BCUT2D eigenvalue weighted by Crippen LogP contribution is -2.29. The van der Waals surface area contributed by atoms with Gasteiger partial charge in [-0.2, -0.15) is 0 Å². The molecule has 1 fully saturated rings. The highest BCUT2D eigenvalue weighted by Gasteiger charge is 2.37. The fourth-order valence-corrected chi connectivity index (χ4v) is 4.47. The Balaban J connectivity index is 1.82. The number of hydrogen-bond acceptors (Lipinski definition) is 5. The van der Waals surface area contributed by atoms with Crippen LogP contribution in [0.4, 0.5) is 11.4 Å². The molecule has 1 aliphatic heterocycles. The van der Waals surface area contributed by atoms with Crippen molar-refractivity contribution in [2.24, 2.45) is 0 Å². The first-order valence-electron chi connectivity index (χ1n) is 8.61. The molecule has 2 aromatic carbocycles. The molecule has 3 rings (SSSR count). The van der Waals surface area contributed by atoms with E-state index in [9.17, 15) is 18.0 Å². The minimum Gasteiger partial charge on any atom is -0.491 e. The lowest BCUT2D eigenvalue weighted by Gasteiger charge is -2.17. The van der Waals surface area contributed by atoms with Crippen molar-refractivity contribution < 1.29 is 22.7 Å². The Morgan fingerprint density at radius 2 is 1.86 bits per heavy atom. The predicted octanol–water partition coefficient (Wildman–Crippen LogP) is 3.45. The highest BCUT2D eigenvalue weighted by molar-refractivity contribution is 7.94. The van der Waals surface area contributed by atoms with Crippen LogP contribution in [0.5, 0.6) is 5.75 Å². The molecule has 0 atom stereocenters. The zero-order valence-corrected chi connectivity index (χ0v) is 16.9. The molecule has 0 unspecified atom stereocenters. The third kappa shape index (κ3) is 4.28. The van der Waals surface area contributed by atoms with Gasteiger partial charge in [0.1, 0.15) is 5.75 Å². The smallest absolute Gasteiger partial charge is 0.255 e. The highest BCUT2D eigenvalue weighted by Crippen LogP contribution is 2.33. The second-order valence-corrected chi connectivity index (χ2v) is 8.88. The number of nitrogens with zero attached hydrogens (tertiary/aromatic N) is 1. The minimum absolute atomic E-state index is 0.0162. The van der Waals surface area contributed by atoms with Gasteiger partial charge in [0.2, 0.25) is 15.9 Å². The van der Waals surface area contributed by atoms with E-state index >= 15 is 0 Å². The van der Waals surface area contributed by atoms with Crippen LogP contribution in [0.25, 0.3) is 0 Å². The molecule has 0 spiro atoms. The van der Waals surface area contributed by atoms with Crippen molar-refractivity contribution in [2.75, 3.05) is 15.4 Å². The van der Waals surface area contributed by atoms with Crippen LogP contribution in [0.15, 0.2) is 42.5 Å². The van der Waals surface area contributed by atoms with Gasteiger partial charge in [-0.3, -0.25) is 9.59 Å². The SMILES string of the molecule is CC(C)Oc1ccc(NC(=O)c2ccc(Cl)c(N3C(=O)CCS3(=O)=O)c2)cc1. The molecule has 1 saturated heterocycles. The van der Waals surface area contributed by atoms with Gasteiger partial charge in [0, 0.05) is 17.7 Å². The Morgan fingerprint density at radius 1 is 1.18 bits per heavy atom. The van der Waals surface area contributed by atoms with E-state index in [0.717, 1.165) is 0 Å². The summed E-state index contributed by atoms with van der Waals surface area (Å²) in [6, 6.07) is 11.0. The molecule has 2 amide bonds. The van der Waals surface area contributed by atoms with Crippen LogP contribution in [0.2, 0.25) is 5.02 Å². The second-order valence-electron chi connectivity index (χ2n) is 6.54. The average Bonchev–Trinajstić information content (AvgIpc) is 2.89. The molecule has 0 aliphatic carbocycles. The molecule has 0 bridgehead atoms. The molecule has 0 aromatic heterocycles. The zero-order valence-electron chi connectivity index (χ0n) is 15.3. The van der Waals surface area contributed by atoms with Crippen LogP contribution in [0.3, 0.4) is 0 Å². The summed E-state index contributed by atoms with van der Waals surface area (Å²) in [5, 5.41) is 2.79. The lowest BCUT2D eigenvalue weighted by molar-refractivity contribution is -0.116. The maximum absolute atomic E-state index is 12.6. The monoisotopic (exact) mass is 422 g/mol. The molecule has 7 nitrogen and oxygen atoms in total. The molecule has 0 radical (unpaired) electrons. The quantitative estimate of drug-likeness (QED) is 0.796. The Kier molecular flexibility index (Phi) is 5.62. The Bertz CT molecular complexity index is 1020. The average molecular weight is 423 g/mol. The second kappa shape index (κ2) is 7.81. The number of nitrogens with one attached hydrogen (secondary N) is 1. The minimum atomic E-state index is -3.77. The fraction of sp³-hybridized carbons (Fsp3) is 0.263. The molecule has 148 valence electrons. The van der Waals surface area contributed by atoms with E-state index in [1.54, 1.807) is 24.3 Å². The molecule has 2 aromatic rings. The number of sulfonamides is 1. The van der Waals surface area contributed by atoms with Gasteiger partial charge in [-0.25, -0.2) is 12.7 Å². The fourth-order valence-electron chi connectivity index (χ4n) is 2.75. The zero-order chi connectivity index (χ0) is 20.5. The summed E-state index contributed by atoms with van der Waals surface area (Å²) in [5.74, 6) is -0.622. The number of carbonyl (C=O) groups excluding carboxylic acids is 2. The molecule has 9 heteroatoms. The normalized spacial score (nSPS) is 15.7. The van der Waals surface area contributed by atoms with Crippen molar-refractivity contribution >= 4 is 44.8 Å². The summed E-state index contributed by atoms with van der Waals surface area (Å²) in [7, 11) is -3.77. The number of rotatable bonds is 5.